The second-order valence-corrected chi connectivity index (χ2v) is 5.12. The Bertz CT molecular complexity index is 682. The molecule has 5 heteroatoms. The van der Waals surface area contributed by atoms with E-state index in [4.69, 9.17) is 21.7 Å². The van der Waals surface area contributed by atoms with Gasteiger partial charge in [-0.2, -0.15) is 0 Å². The number of methoxy groups -OCH3 is 1. The SMILES string of the molecule is COc1ccccc1Cc1nc(=S)c2c([nH]1)CCOC2. The lowest BCUT2D eigenvalue weighted by molar-refractivity contribution is 0.108. The summed E-state index contributed by atoms with van der Waals surface area (Å²) in [4.78, 5) is 7.87. The molecule has 1 aromatic heterocycles. The van der Waals surface area contributed by atoms with Gasteiger partial charge in [-0.3, -0.25) is 0 Å². The Hall–Kier alpha value is -1.72. The normalized spacial score (nSPS) is 13.8. The average Bonchev–Trinajstić information content (AvgIpc) is 2.48. The predicted molar refractivity (Wildman–Crippen MR) is 78.6 cm³/mol. The molecule has 2 aromatic rings. The van der Waals surface area contributed by atoms with Gasteiger partial charge in [0.05, 0.1) is 20.3 Å². The maximum atomic E-state index is 5.42. The van der Waals surface area contributed by atoms with Crippen LogP contribution in [0.3, 0.4) is 0 Å². The number of H-pyrrole nitrogens is 1. The van der Waals surface area contributed by atoms with E-state index in [1.165, 1.54) is 0 Å². The van der Waals surface area contributed by atoms with Crippen LogP contribution in [0.15, 0.2) is 24.3 Å². The smallest absolute Gasteiger partial charge is 0.135 e. The van der Waals surface area contributed by atoms with Gasteiger partial charge in [0.1, 0.15) is 16.2 Å². The summed E-state index contributed by atoms with van der Waals surface area (Å²) in [5, 5.41) is 0. The molecule has 0 fully saturated rings. The number of aromatic amines is 1. The van der Waals surface area contributed by atoms with E-state index in [1.807, 2.05) is 24.3 Å². The third kappa shape index (κ3) is 2.59. The van der Waals surface area contributed by atoms with Crippen molar-refractivity contribution in [1.82, 2.24) is 9.97 Å². The van der Waals surface area contributed by atoms with Crippen molar-refractivity contribution in [3.05, 3.63) is 51.6 Å². The molecular weight excluding hydrogens is 272 g/mol. The van der Waals surface area contributed by atoms with Gasteiger partial charge in [0.25, 0.3) is 0 Å². The quantitative estimate of drug-likeness (QED) is 0.882. The van der Waals surface area contributed by atoms with Gasteiger partial charge >= 0.3 is 0 Å². The molecule has 1 aromatic carbocycles. The maximum Gasteiger partial charge on any atom is 0.135 e. The van der Waals surface area contributed by atoms with E-state index < -0.39 is 0 Å². The minimum absolute atomic E-state index is 0.562. The van der Waals surface area contributed by atoms with Crippen LogP contribution in [-0.4, -0.2) is 23.7 Å². The van der Waals surface area contributed by atoms with E-state index in [0.29, 0.717) is 17.7 Å². The third-order valence-electron chi connectivity index (χ3n) is 3.45. The van der Waals surface area contributed by atoms with Crippen LogP contribution in [0.4, 0.5) is 0 Å². The highest BCUT2D eigenvalue weighted by Crippen LogP contribution is 2.21. The van der Waals surface area contributed by atoms with Crippen LogP contribution in [0.1, 0.15) is 22.6 Å². The van der Waals surface area contributed by atoms with Crippen LogP contribution in [-0.2, 0) is 24.2 Å². The Balaban J connectivity index is 1.95. The summed E-state index contributed by atoms with van der Waals surface area (Å²) in [6, 6.07) is 7.96. The largest absolute Gasteiger partial charge is 0.496 e. The molecule has 0 bridgehead atoms. The van der Waals surface area contributed by atoms with Crippen molar-refractivity contribution in [2.75, 3.05) is 13.7 Å². The number of benzene rings is 1. The number of hydrogen-bond donors (Lipinski definition) is 1. The van der Waals surface area contributed by atoms with Gasteiger partial charge in [-0.25, -0.2) is 4.98 Å². The highest BCUT2D eigenvalue weighted by Gasteiger charge is 2.14. The molecule has 104 valence electrons. The van der Waals surface area contributed by atoms with Gasteiger partial charge in [-0.15, -0.1) is 0 Å². The van der Waals surface area contributed by atoms with E-state index in [1.54, 1.807) is 7.11 Å². The van der Waals surface area contributed by atoms with Crippen molar-refractivity contribution in [2.45, 2.75) is 19.4 Å². The Kier molecular flexibility index (Phi) is 3.80. The summed E-state index contributed by atoms with van der Waals surface area (Å²) in [5.41, 5.74) is 3.27. The fraction of sp³-hybridized carbons (Fsp3) is 0.333. The van der Waals surface area contributed by atoms with Crippen molar-refractivity contribution in [3.63, 3.8) is 0 Å². The van der Waals surface area contributed by atoms with E-state index >= 15 is 0 Å². The zero-order chi connectivity index (χ0) is 13.9. The molecule has 0 aliphatic carbocycles. The first-order chi connectivity index (χ1) is 9.78. The van der Waals surface area contributed by atoms with Crippen LogP contribution in [0.5, 0.6) is 5.75 Å². The fourth-order valence-electron chi connectivity index (χ4n) is 2.42. The molecule has 0 amide bonds. The lowest BCUT2D eigenvalue weighted by atomic mass is 10.1. The molecule has 0 saturated heterocycles. The number of fused-ring (bicyclic) bond motifs is 1. The Morgan fingerprint density at radius 2 is 2.25 bits per heavy atom. The summed E-state index contributed by atoms with van der Waals surface area (Å²) < 4.78 is 11.4. The van der Waals surface area contributed by atoms with Gasteiger partial charge in [-0.1, -0.05) is 30.4 Å². The summed E-state index contributed by atoms with van der Waals surface area (Å²) >= 11 is 5.36. The molecule has 20 heavy (non-hydrogen) atoms. The minimum Gasteiger partial charge on any atom is -0.496 e. The van der Waals surface area contributed by atoms with Crippen LogP contribution < -0.4 is 4.74 Å². The summed E-state index contributed by atoms with van der Waals surface area (Å²) in [6.07, 6.45) is 1.54. The third-order valence-corrected chi connectivity index (χ3v) is 3.79. The number of nitrogens with zero attached hydrogens (tertiary/aromatic N) is 1. The maximum absolute atomic E-state index is 5.42. The summed E-state index contributed by atoms with van der Waals surface area (Å²) in [7, 11) is 1.68. The zero-order valence-electron chi connectivity index (χ0n) is 11.3. The summed E-state index contributed by atoms with van der Waals surface area (Å²) in [6.45, 7) is 1.29. The van der Waals surface area contributed by atoms with Crippen molar-refractivity contribution < 1.29 is 9.47 Å². The van der Waals surface area contributed by atoms with Crippen molar-refractivity contribution >= 4 is 12.2 Å². The van der Waals surface area contributed by atoms with Gasteiger partial charge in [0.15, 0.2) is 0 Å². The molecule has 1 aliphatic rings. The van der Waals surface area contributed by atoms with Crippen LogP contribution in [0.2, 0.25) is 0 Å². The van der Waals surface area contributed by atoms with E-state index in [9.17, 15) is 0 Å². The van der Waals surface area contributed by atoms with Gasteiger partial charge < -0.3 is 14.5 Å². The molecule has 4 nitrogen and oxygen atoms in total. The van der Waals surface area contributed by atoms with Gasteiger partial charge in [0.2, 0.25) is 0 Å². The number of hydrogen-bond acceptors (Lipinski definition) is 4. The minimum atomic E-state index is 0.562. The second-order valence-electron chi connectivity index (χ2n) is 4.74. The van der Waals surface area contributed by atoms with E-state index in [2.05, 4.69) is 9.97 Å². The Labute approximate surface area is 122 Å². The van der Waals surface area contributed by atoms with Crippen molar-refractivity contribution in [1.29, 1.82) is 0 Å². The number of para-hydroxylation sites is 1. The average molecular weight is 288 g/mol. The molecule has 1 N–H and O–H groups in total. The second kappa shape index (κ2) is 5.73. The number of nitrogens with one attached hydrogen (secondary N) is 1. The first-order valence-electron chi connectivity index (χ1n) is 6.58. The predicted octanol–water partition coefficient (Wildman–Crippen LogP) is 2.81. The fourth-order valence-corrected chi connectivity index (χ4v) is 2.71. The zero-order valence-corrected chi connectivity index (χ0v) is 12.1. The van der Waals surface area contributed by atoms with Crippen LogP contribution >= 0.6 is 12.2 Å². The highest BCUT2D eigenvalue weighted by atomic mass is 32.1. The van der Waals surface area contributed by atoms with E-state index in [0.717, 1.165) is 41.4 Å². The molecule has 3 rings (SSSR count). The standard InChI is InChI=1S/C15H16N2O2S/c1-18-13-5-3-2-4-10(13)8-14-16-12-6-7-19-9-11(12)15(20)17-14/h2-5H,6-9H2,1H3,(H,16,17,20). The number of ether oxygens (including phenoxy) is 2. The van der Waals surface area contributed by atoms with E-state index in [-0.39, 0.29) is 0 Å². The Morgan fingerprint density at radius 3 is 3.10 bits per heavy atom. The molecular formula is C15H16N2O2S. The van der Waals surface area contributed by atoms with Crippen molar-refractivity contribution in [3.8, 4) is 5.75 Å². The van der Waals surface area contributed by atoms with Crippen molar-refractivity contribution in [2.24, 2.45) is 0 Å². The first kappa shape index (κ1) is 13.3. The molecule has 2 heterocycles. The molecule has 1 aliphatic heterocycles. The Morgan fingerprint density at radius 1 is 1.40 bits per heavy atom. The summed E-state index contributed by atoms with van der Waals surface area (Å²) in [5.74, 6) is 1.75. The first-order valence-corrected chi connectivity index (χ1v) is 6.99. The van der Waals surface area contributed by atoms with Gasteiger partial charge in [0, 0.05) is 29.7 Å². The number of aromatic nitrogens is 2. The monoisotopic (exact) mass is 288 g/mol. The topological polar surface area (TPSA) is 47.1 Å². The lowest BCUT2D eigenvalue weighted by Gasteiger charge is -2.17. The van der Waals surface area contributed by atoms with Crippen LogP contribution in [0, 0.1) is 4.64 Å². The highest BCUT2D eigenvalue weighted by molar-refractivity contribution is 7.71. The molecule has 0 spiro atoms. The number of rotatable bonds is 3. The molecule has 0 radical (unpaired) electrons. The molecule has 0 atom stereocenters. The lowest BCUT2D eigenvalue weighted by Crippen LogP contribution is -2.15. The molecule has 0 unspecified atom stereocenters. The molecule has 0 saturated carbocycles. The van der Waals surface area contributed by atoms with Gasteiger partial charge in [-0.05, 0) is 6.07 Å². The van der Waals surface area contributed by atoms with Crippen LogP contribution in [0.25, 0.3) is 0 Å².